The highest BCUT2D eigenvalue weighted by Crippen LogP contribution is 2.60. The lowest BCUT2D eigenvalue weighted by Crippen LogP contribution is -2.53. The minimum absolute atomic E-state index is 0.0917. The largest absolute Gasteiger partial charge is 0.502 e. The molecule has 2 bridgehead atoms. The van der Waals surface area contributed by atoms with Crippen molar-refractivity contribution in [2.24, 2.45) is 17.8 Å². The highest BCUT2D eigenvalue weighted by Gasteiger charge is 2.69. The van der Waals surface area contributed by atoms with Crippen LogP contribution in [0.1, 0.15) is 26.2 Å². The molecule has 6 heteroatoms. The highest BCUT2D eigenvalue weighted by molar-refractivity contribution is 5.66. The van der Waals surface area contributed by atoms with Crippen LogP contribution in [0.2, 0.25) is 0 Å². The molecule has 0 radical (unpaired) electrons. The van der Waals surface area contributed by atoms with E-state index in [1.54, 1.807) is 0 Å². The Bertz CT molecular complexity index is 380. The first-order chi connectivity index (χ1) is 8.80. The first-order valence-corrected chi connectivity index (χ1v) is 6.29. The zero-order valence-corrected chi connectivity index (χ0v) is 10.7. The molecular formula is C13H17F3O3. The van der Waals surface area contributed by atoms with Gasteiger partial charge in [-0.25, -0.2) is 0 Å². The van der Waals surface area contributed by atoms with Gasteiger partial charge in [0.1, 0.15) is 0 Å². The maximum atomic E-state index is 13.3. The van der Waals surface area contributed by atoms with Crippen molar-refractivity contribution in [3.05, 3.63) is 12.8 Å². The third-order valence-electron chi connectivity index (χ3n) is 4.30. The Balaban J connectivity index is 2.14. The Kier molecular flexibility index (Phi) is 3.53. The number of esters is 1. The standard InChI is InChI=1S/C13H17F3O3/c1-3-18-7-10-5-11-4-9(10)6-12(11,13(14,15)16)19-8(2)17/h3,9-11H,1,4-7H2,2H3. The number of carbonyl (C=O) groups excluding carboxylic acids is 1. The zero-order chi connectivity index (χ0) is 14.3. The van der Waals surface area contributed by atoms with Gasteiger partial charge in [-0.15, -0.1) is 0 Å². The van der Waals surface area contributed by atoms with Crippen molar-refractivity contribution in [3.63, 3.8) is 0 Å². The third-order valence-corrected chi connectivity index (χ3v) is 4.30. The molecule has 0 heterocycles. The number of halogens is 3. The molecule has 2 fully saturated rings. The van der Waals surface area contributed by atoms with E-state index < -0.39 is 23.7 Å². The molecule has 2 rings (SSSR count). The smallest absolute Gasteiger partial charge is 0.428 e. The van der Waals surface area contributed by atoms with Crippen LogP contribution < -0.4 is 0 Å². The summed E-state index contributed by atoms with van der Waals surface area (Å²) in [6.45, 7) is 4.83. The van der Waals surface area contributed by atoms with Gasteiger partial charge in [0.05, 0.1) is 12.9 Å². The van der Waals surface area contributed by atoms with E-state index in [2.05, 4.69) is 6.58 Å². The summed E-state index contributed by atoms with van der Waals surface area (Å²) in [5.41, 5.74) is -2.28. The molecule has 2 aliphatic rings. The minimum atomic E-state index is -4.51. The average Bonchev–Trinajstić information content (AvgIpc) is 2.81. The summed E-state index contributed by atoms with van der Waals surface area (Å²) in [5, 5.41) is 0. The summed E-state index contributed by atoms with van der Waals surface area (Å²) < 4.78 is 49.7. The number of alkyl halides is 3. The second-order valence-electron chi connectivity index (χ2n) is 5.37. The van der Waals surface area contributed by atoms with Crippen LogP contribution in [0.4, 0.5) is 13.2 Å². The van der Waals surface area contributed by atoms with Crippen molar-refractivity contribution in [3.8, 4) is 0 Å². The molecule has 0 N–H and O–H groups in total. The maximum Gasteiger partial charge on any atom is 0.428 e. The van der Waals surface area contributed by atoms with Crippen LogP contribution in [0.3, 0.4) is 0 Å². The van der Waals surface area contributed by atoms with Gasteiger partial charge >= 0.3 is 12.1 Å². The van der Waals surface area contributed by atoms with Gasteiger partial charge < -0.3 is 9.47 Å². The van der Waals surface area contributed by atoms with Crippen molar-refractivity contribution in [2.75, 3.05) is 6.61 Å². The van der Waals surface area contributed by atoms with Gasteiger partial charge in [-0.2, -0.15) is 13.2 Å². The van der Waals surface area contributed by atoms with Crippen LogP contribution in [-0.4, -0.2) is 24.4 Å². The molecule has 108 valence electrons. The molecule has 2 aliphatic carbocycles. The van der Waals surface area contributed by atoms with E-state index in [0.717, 1.165) is 6.92 Å². The summed E-state index contributed by atoms with van der Waals surface area (Å²) in [6.07, 6.45) is -2.54. The second kappa shape index (κ2) is 4.72. The van der Waals surface area contributed by atoms with Crippen molar-refractivity contribution >= 4 is 5.97 Å². The summed E-state index contributed by atoms with van der Waals surface area (Å²) in [4.78, 5) is 11.0. The Morgan fingerprint density at radius 1 is 1.47 bits per heavy atom. The Hall–Kier alpha value is -1.20. The van der Waals surface area contributed by atoms with Crippen molar-refractivity contribution in [1.82, 2.24) is 0 Å². The highest BCUT2D eigenvalue weighted by atomic mass is 19.4. The van der Waals surface area contributed by atoms with Crippen LogP contribution in [0.25, 0.3) is 0 Å². The van der Waals surface area contributed by atoms with Gasteiger partial charge in [0.15, 0.2) is 0 Å². The second-order valence-corrected chi connectivity index (χ2v) is 5.37. The summed E-state index contributed by atoms with van der Waals surface area (Å²) in [5.74, 6) is -1.54. The van der Waals surface area contributed by atoms with Gasteiger partial charge in [0, 0.05) is 12.8 Å². The predicted octanol–water partition coefficient (Wildman–Crippen LogP) is 3.06. The third kappa shape index (κ3) is 2.32. The Morgan fingerprint density at radius 3 is 2.58 bits per heavy atom. The van der Waals surface area contributed by atoms with Gasteiger partial charge in [0.2, 0.25) is 5.60 Å². The molecule has 4 unspecified atom stereocenters. The number of hydrogen-bond acceptors (Lipinski definition) is 3. The zero-order valence-electron chi connectivity index (χ0n) is 10.7. The van der Waals surface area contributed by atoms with Crippen LogP contribution in [0, 0.1) is 17.8 Å². The molecular weight excluding hydrogens is 261 g/mol. The average molecular weight is 278 g/mol. The first-order valence-electron chi connectivity index (χ1n) is 6.29. The molecule has 0 aromatic heterocycles. The summed E-state index contributed by atoms with van der Waals surface area (Å²) in [7, 11) is 0. The number of ether oxygens (including phenoxy) is 2. The fraction of sp³-hybridized carbons (Fsp3) is 0.769. The SMILES string of the molecule is C=COCC1CC2CC1CC2(OC(C)=O)C(F)(F)F. The number of carbonyl (C=O) groups is 1. The van der Waals surface area contributed by atoms with Gasteiger partial charge in [-0.3, -0.25) is 4.79 Å². The molecule has 0 amide bonds. The molecule has 2 saturated carbocycles. The molecule has 0 aromatic carbocycles. The number of rotatable bonds is 4. The minimum Gasteiger partial charge on any atom is -0.502 e. The monoisotopic (exact) mass is 278 g/mol. The van der Waals surface area contributed by atoms with E-state index in [4.69, 9.17) is 9.47 Å². The van der Waals surface area contributed by atoms with E-state index in [-0.39, 0.29) is 18.3 Å². The molecule has 0 aromatic rings. The van der Waals surface area contributed by atoms with Gasteiger partial charge in [-0.1, -0.05) is 6.58 Å². The number of fused-ring (bicyclic) bond motifs is 2. The van der Waals surface area contributed by atoms with Crippen LogP contribution in [0.5, 0.6) is 0 Å². The molecule has 0 spiro atoms. The van der Waals surface area contributed by atoms with Crippen LogP contribution in [0.15, 0.2) is 12.8 Å². The fourth-order valence-corrected chi connectivity index (χ4v) is 3.58. The Labute approximate surface area is 109 Å². The maximum absolute atomic E-state index is 13.3. The molecule has 4 atom stereocenters. The topological polar surface area (TPSA) is 35.5 Å². The van der Waals surface area contributed by atoms with Crippen molar-refractivity contribution in [1.29, 1.82) is 0 Å². The van der Waals surface area contributed by atoms with Crippen molar-refractivity contribution in [2.45, 2.75) is 38.0 Å². The lowest BCUT2D eigenvalue weighted by atomic mass is 9.78. The van der Waals surface area contributed by atoms with Crippen molar-refractivity contribution < 1.29 is 27.4 Å². The number of hydrogen-bond donors (Lipinski definition) is 0. The van der Waals surface area contributed by atoms with Crippen LogP contribution in [-0.2, 0) is 14.3 Å². The normalized spacial score (nSPS) is 37.2. The van der Waals surface area contributed by atoms with E-state index >= 15 is 0 Å². The molecule has 0 aliphatic heterocycles. The molecule has 3 nitrogen and oxygen atoms in total. The molecule has 0 saturated heterocycles. The predicted molar refractivity (Wildman–Crippen MR) is 61.0 cm³/mol. The lowest BCUT2D eigenvalue weighted by molar-refractivity contribution is -0.287. The van der Waals surface area contributed by atoms with Crippen LogP contribution >= 0.6 is 0 Å². The van der Waals surface area contributed by atoms with E-state index in [1.165, 1.54) is 6.26 Å². The summed E-state index contributed by atoms with van der Waals surface area (Å²) in [6, 6.07) is 0. The Morgan fingerprint density at radius 2 is 2.16 bits per heavy atom. The lowest BCUT2D eigenvalue weighted by Gasteiger charge is -2.40. The van der Waals surface area contributed by atoms with E-state index in [0.29, 0.717) is 19.4 Å². The first kappa shape index (κ1) is 14.2. The van der Waals surface area contributed by atoms with E-state index in [9.17, 15) is 18.0 Å². The van der Waals surface area contributed by atoms with Gasteiger partial charge in [0.25, 0.3) is 0 Å². The quantitative estimate of drug-likeness (QED) is 0.585. The fourth-order valence-electron chi connectivity index (χ4n) is 3.58. The van der Waals surface area contributed by atoms with E-state index in [1.807, 2.05) is 0 Å². The van der Waals surface area contributed by atoms with Gasteiger partial charge in [-0.05, 0) is 31.1 Å². The summed E-state index contributed by atoms with van der Waals surface area (Å²) >= 11 is 0. The molecule has 19 heavy (non-hydrogen) atoms.